The van der Waals surface area contributed by atoms with Crippen LogP contribution in [0.1, 0.15) is 17.1 Å². The maximum absolute atomic E-state index is 4.59. The van der Waals surface area contributed by atoms with E-state index in [0.29, 0.717) is 0 Å². The van der Waals surface area contributed by atoms with E-state index in [1.807, 2.05) is 45.0 Å². The molecule has 0 bridgehead atoms. The van der Waals surface area contributed by atoms with E-state index in [1.165, 1.54) is 5.56 Å². The van der Waals surface area contributed by atoms with Gasteiger partial charge in [-0.15, -0.1) is 0 Å². The van der Waals surface area contributed by atoms with Gasteiger partial charge in [-0.1, -0.05) is 0 Å². The smallest absolute Gasteiger partial charge is 0.129 e. The summed E-state index contributed by atoms with van der Waals surface area (Å²) >= 11 is 0. The van der Waals surface area contributed by atoms with Gasteiger partial charge in [0.1, 0.15) is 11.6 Å². The molecule has 0 aliphatic heterocycles. The molecular weight excluding hydrogens is 238 g/mol. The van der Waals surface area contributed by atoms with Gasteiger partial charge >= 0.3 is 0 Å². The average molecular weight is 259 g/mol. The van der Waals surface area contributed by atoms with Crippen molar-refractivity contribution in [3.05, 3.63) is 41.6 Å². The first-order valence-electron chi connectivity index (χ1n) is 6.39. The number of rotatable bonds is 5. The molecule has 5 nitrogen and oxygen atoms in total. The Hall–Kier alpha value is -1.88. The number of imidazole rings is 1. The molecule has 0 amide bonds. The maximum atomic E-state index is 4.59. The molecule has 102 valence electrons. The summed E-state index contributed by atoms with van der Waals surface area (Å²) in [6.45, 7) is 3.63. The van der Waals surface area contributed by atoms with Crippen molar-refractivity contribution in [2.75, 3.05) is 19.0 Å². The molecule has 0 aromatic carbocycles. The van der Waals surface area contributed by atoms with E-state index in [1.54, 1.807) is 0 Å². The summed E-state index contributed by atoms with van der Waals surface area (Å²) in [6, 6.07) is 4.22. The molecule has 2 rings (SSSR count). The first-order valence-corrected chi connectivity index (χ1v) is 6.39. The molecule has 0 saturated heterocycles. The van der Waals surface area contributed by atoms with Gasteiger partial charge in [0.25, 0.3) is 0 Å². The highest BCUT2D eigenvalue weighted by atomic mass is 15.2. The lowest BCUT2D eigenvalue weighted by atomic mass is 10.2. The van der Waals surface area contributed by atoms with Crippen LogP contribution in [0.3, 0.4) is 0 Å². The van der Waals surface area contributed by atoms with E-state index in [9.17, 15) is 0 Å². The third-order valence-corrected chi connectivity index (χ3v) is 3.07. The monoisotopic (exact) mass is 259 g/mol. The summed E-state index contributed by atoms with van der Waals surface area (Å²) < 4.78 is 2.03. The van der Waals surface area contributed by atoms with E-state index < -0.39 is 0 Å². The SMILES string of the molecule is CNCc1cc(C)nc(N(C)Cc2nccn2C)c1. The molecular formula is C14H21N5. The minimum absolute atomic E-state index is 0.749. The number of pyridine rings is 1. The van der Waals surface area contributed by atoms with Crippen molar-refractivity contribution in [1.29, 1.82) is 0 Å². The number of hydrogen-bond donors (Lipinski definition) is 1. The molecule has 2 heterocycles. The van der Waals surface area contributed by atoms with E-state index in [-0.39, 0.29) is 0 Å². The highest BCUT2D eigenvalue weighted by molar-refractivity contribution is 5.42. The van der Waals surface area contributed by atoms with Crippen LogP contribution in [-0.2, 0) is 20.1 Å². The van der Waals surface area contributed by atoms with Crippen molar-refractivity contribution in [1.82, 2.24) is 19.9 Å². The van der Waals surface area contributed by atoms with Crippen LogP contribution in [0.2, 0.25) is 0 Å². The second kappa shape index (κ2) is 5.84. The predicted octanol–water partition coefficient (Wildman–Crippen LogP) is 1.48. The Morgan fingerprint density at radius 1 is 1.37 bits per heavy atom. The average Bonchev–Trinajstić information content (AvgIpc) is 2.75. The minimum Gasteiger partial charge on any atom is -0.352 e. The molecule has 0 fully saturated rings. The van der Waals surface area contributed by atoms with Gasteiger partial charge in [0.2, 0.25) is 0 Å². The van der Waals surface area contributed by atoms with Gasteiger partial charge in [-0.25, -0.2) is 9.97 Å². The van der Waals surface area contributed by atoms with Crippen LogP contribution in [-0.4, -0.2) is 28.6 Å². The second-order valence-corrected chi connectivity index (χ2v) is 4.82. The number of hydrogen-bond acceptors (Lipinski definition) is 4. The van der Waals surface area contributed by atoms with Crippen LogP contribution in [0.4, 0.5) is 5.82 Å². The highest BCUT2D eigenvalue weighted by Gasteiger charge is 2.08. The van der Waals surface area contributed by atoms with Crippen molar-refractivity contribution in [3.8, 4) is 0 Å². The first kappa shape index (κ1) is 13.5. The summed E-state index contributed by atoms with van der Waals surface area (Å²) in [6.07, 6.45) is 3.78. The maximum Gasteiger partial charge on any atom is 0.129 e. The summed E-state index contributed by atoms with van der Waals surface area (Å²) in [5, 5.41) is 3.17. The van der Waals surface area contributed by atoms with E-state index in [2.05, 4.69) is 32.3 Å². The Labute approximate surface area is 114 Å². The summed E-state index contributed by atoms with van der Waals surface area (Å²) in [4.78, 5) is 11.1. The molecule has 0 unspecified atom stereocenters. The molecule has 0 radical (unpaired) electrons. The summed E-state index contributed by atoms with van der Waals surface area (Å²) in [7, 11) is 6.00. The van der Waals surface area contributed by atoms with Gasteiger partial charge in [-0.3, -0.25) is 0 Å². The Balaban J connectivity index is 2.18. The van der Waals surface area contributed by atoms with E-state index in [4.69, 9.17) is 0 Å². The van der Waals surface area contributed by atoms with Crippen LogP contribution >= 0.6 is 0 Å². The fourth-order valence-corrected chi connectivity index (χ4v) is 2.06. The van der Waals surface area contributed by atoms with Crippen LogP contribution < -0.4 is 10.2 Å². The Bertz CT molecular complexity index is 547. The van der Waals surface area contributed by atoms with Gasteiger partial charge in [0.15, 0.2) is 0 Å². The Morgan fingerprint density at radius 2 is 2.16 bits per heavy atom. The van der Waals surface area contributed by atoms with Crippen LogP contribution in [0.5, 0.6) is 0 Å². The predicted molar refractivity (Wildman–Crippen MR) is 77.1 cm³/mol. The quantitative estimate of drug-likeness (QED) is 0.883. The normalized spacial score (nSPS) is 10.7. The Kier molecular flexibility index (Phi) is 4.16. The molecule has 2 aromatic heterocycles. The van der Waals surface area contributed by atoms with Gasteiger partial charge in [-0.05, 0) is 31.7 Å². The van der Waals surface area contributed by atoms with Crippen molar-refractivity contribution >= 4 is 5.82 Å². The van der Waals surface area contributed by atoms with Crippen molar-refractivity contribution in [2.24, 2.45) is 7.05 Å². The molecule has 0 saturated carbocycles. The molecule has 2 aromatic rings. The number of aromatic nitrogens is 3. The molecule has 0 spiro atoms. The molecule has 19 heavy (non-hydrogen) atoms. The fraction of sp³-hybridized carbons (Fsp3) is 0.429. The zero-order valence-corrected chi connectivity index (χ0v) is 12.0. The van der Waals surface area contributed by atoms with E-state index in [0.717, 1.165) is 30.4 Å². The van der Waals surface area contributed by atoms with Crippen LogP contribution in [0.15, 0.2) is 24.5 Å². The van der Waals surface area contributed by atoms with Gasteiger partial charge in [0.05, 0.1) is 6.54 Å². The molecule has 0 aliphatic carbocycles. The molecule has 0 aliphatic rings. The molecule has 1 N–H and O–H groups in total. The fourth-order valence-electron chi connectivity index (χ4n) is 2.06. The van der Waals surface area contributed by atoms with Crippen LogP contribution in [0.25, 0.3) is 0 Å². The van der Waals surface area contributed by atoms with Crippen LogP contribution in [0, 0.1) is 6.92 Å². The van der Waals surface area contributed by atoms with Gasteiger partial charge < -0.3 is 14.8 Å². The first-order chi connectivity index (χ1) is 9.10. The van der Waals surface area contributed by atoms with Gasteiger partial charge in [0, 0.05) is 38.7 Å². The van der Waals surface area contributed by atoms with Gasteiger partial charge in [-0.2, -0.15) is 0 Å². The zero-order valence-electron chi connectivity index (χ0n) is 12.0. The molecule has 0 atom stereocenters. The topological polar surface area (TPSA) is 46.0 Å². The minimum atomic E-state index is 0.749. The lowest BCUT2D eigenvalue weighted by Gasteiger charge is -2.19. The van der Waals surface area contributed by atoms with Crippen molar-refractivity contribution in [2.45, 2.75) is 20.0 Å². The second-order valence-electron chi connectivity index (χ2n) is 4.82. The largest absolute Gasteiger partial charge is 0.352 e. The lowest BCUT2D eigenvalue weighted by Crippen LogP contribution is -2.21. The third-order valence-electron chi connectivity index (χ3n) is 3.07. The molecule has 5 heteroatoms. The zero-order chi connectivity index (χ0) is 13.8. The number of nitrogens with zero attached hydrogens (tertiary/aromatic N) is 4. The lowest BCUT2D eigenvalue weighted by molar-refractivity contribution is 0.751. The van der Waals surface area contributed by atoms with E-state index >= 15 is 0 Å². The summed E-state index contributed by atoms with van der Waals surface area (Å²) in [5.41, 5.74) is 2.28. The third kappa shape index (κ3) is 3.32. The number of aryl methyl sites for hydroxylation is 2. The standard InChI is InChI=1S/C14H21N5/c1-11-7-12(9-15-2)8-13(17-11)19(4)10-14-16-5-6-18(14)3/h5-8,15H,9-10H2,1-4H3. The van der Waals surface area contributed by atoms with Crippen molar-refractivity contribution < 1.29 is 0 Å². The number of nitrogens with one attached hydrogen (secondary N) is 1. The number of anilines is 1. The highest BCUT2D eigenvalue weighted by Crippen LogP contribution is 2.15. The summed E-state index contributed by atoms with van der Waals surface area (Å²) in [5.74, 6) is 2.01. The Morgan fingerprint density at radius 3 is 2.79 bits per heavy atom. The van der Waals surface area contributed by atoms with Crippen molar-refractivity contribution in [3.63, 3.8) is 0 Å².